The molecule has 0 spiro atoms. The summed E-state index contributed by atoms with van der Waals surface area (Å²) in [5.41, 5.74) is 0. The zero-order valence-corrected chi connectivity index (χ0v) is 11.8. The highest BCUT2D eigenvalue weighted by Gasteiger charge is 2.14. The van der Waals surface area contributed by atoms with E-state index in [1.807, 2.05) is 17.5 Å². The lowest BCUT2D eigenvalue weighted by Crippen LogP contribution is -1.96. The lowest BCUT2D eigenvalue weighted by Gasteiger charge is -1.96. The molecule has 4 nitrogen and oxygen atoms in total. The van der Waals surface area contributed by atoms with Gasteiger partial charge in [-0.25, -0.2) is 4.98 Å². The number of furan rings is 1. The first-order chi connectivity index (χ1) is 9.24. The zero-order chi connectivity index (χ0) is 13.2. The Hall–Kier alpha value is -1.66. The highest BCUT2D eigenvalue weighted by Crippen LogP contribution is 2.26. The number of oxazole rings is 1. The van der Waals surface area contributed by atoms with Crippen LogP contribution in [0.25, 0.3) is 10.6 Å². The Balaban J connectivity index is 1.78. The zero-order valence-electron chi connectivity index (χ0n) is 10.2. The number of thiophene rings is 1. The summed E-state index contributed by atoms with van der Waals surface area (Å²) < 4.78 is 22.9. The van der Waals surface area contributed by atoms with E-state index in [0.29, 0.717) is 22.3 Å². The van der Waals surface area contributed by atoms with Crippen molar-refractivity contribution < 1.29 is 13.0 Å². The fourth-order valence-electron chi connectivity index (χ4n) is 1.71. The number of aryl methyl sites for hydroxylation is 1. The molecule has 0 aliphatic carbocycles. The maximum atomic E-state index is 12.1. The van der Waals surface area contributed by atoms with E-state index in [1.54, 1.807) is 30.5 Å². The van der Waals surface area contributed by atoms with Crippen molar-refractivity contribution in [1.29, 1.82) is 0 Å². The van der Waals surface area contributed by atoms with Crippen molar-refractivity contribution in [2.75, 3.05) is 0 Å². The third-order valence-electron chi connectivity index (χ3n) is 2.63. The summed E-state index contributed by atoms with van der Waals surface area (Å²) in [5, 5.41) is 1.98. The first-order valence-electron chi connectivity index (χ1n) is 5.65. The quantitative estimate of drug-likeness (QED) is 0.737. The van der Waals surface area contributed by atoms with Crippen molar-refractivity contribution in [3.63, 3.8) is 0 Å². The molecule has 0 saturated carbocycles. The largest absolute Gasteiger partial charge is 0.468 e. The van der Waals surface area contributed by atoms with E-state index in [2.05, 4.69) is 4.98 Å². The molecule has 3 aromatic heterocycles. The van der Waals surface area contributed by atoms with Crippen molar-refractivity contribution in [3.8, 4) is 10.6 Å². The number of hydrogen-bond donors (Lipinski definition) is 0. The predicted octanol–water partition coefficient (Wildman–Crippen LogP) is 3.61. The van der Waals surface area contributed by atoms with Crippen LogP contribution in [0.15, 0.2) is 49.8 Å². The van der Waals surface area contributed by atoms with Crippen LogP contribution in [0.3, 0.4) is 0 Å². The van der Waals surface area contributed by atoms with Gasteiger partial charge in [-0.3, -0.25) is 4.21 Å². The molecule has 0 aliphatic rings. The van der Waals surface area contributed by atoms with Gasteiger partial charge in [0, 0.05) is 0 Å². The minimum Gasteiger partial charge on any atom is -0.468 e. The molecule has 3 heterocycles. The van der Waals surface area contributed by atoms with Crippen LogP contribution in [-0.2, 0) is 16.6 Å². The second kappa shape index (κ2) is 5.14. The van der Waals surface area contributed by atoms with Gasteiger partial charge in [-0.2, -0.15) is 0 Å². The molecule has 0 bridgehead atoms. The van der Waals surface area contributed by atoms with Crippen LogP contribution < -0.4 is 0 Å². The summed E-state index contributed by atoms with van der Waals surface area (Å²) in [6.07, 6.45) is 3.20. The van der Waals surface area contributed by atoms with E-state index < -0.39 is 10.8 Å². The third kappa shape index (κ3) is 2.54. The van der Waals surface area contributed by atoms with Gasteiger partial charge < -0.3 is 8.83 Å². The number of hydrogen-bond acceptors (Lipinski definition) is 5. The van der Waals surface area contributed by atoms with E-state index in [1.165, 1.54) is 6.26 Å². The van der Waals surface area contributed by atoms with E-state index in [4.69, 9.17) is 8.83 Å². The van der Waals surface area contributed by atoms with E-state index in [0.717, 1.165) is 4.88 Å². The van der Waals surface area contributed by atoms with Crippen molar-refractivity contribution in [1.82, 2.24) is 4.98 Å². The Bertz CT molecular complexity index is 697. The molecule has 0 unspecified atom stereocenters. The fraction of sp³-hybridized carbons (Fsp3) is 0.154. The van der Waals surface area contributed by atoms with Crippen LogP contribution in [0.1, 0.15) is 11.7 Å². The van der Waals surface area contributed by atoms with Crippen molar-refractivity contribution >= 4 is 22.1 Å². The van der Waals surface area contributed by atoms with Gasteiger partial charge >= 0.3 is 0 Å². The third-order valence-corrected chi connectivity index (χ3v) is 4.94. The predicted molar refractivity (Wildman–Crippen MR) is 73.4 cm³/mol. The highest BCUT2D eigenvalue weighted by atomic mass is 32.2. The fourth-order valence-corrected chi connectivity index (χ4v) is 3.47. The molecule has 3 rings (SSSR count). The molecule has 98 valence electrons. The Labute approximate surface area is 116 Å². The van der Waals surface area contributed by atoms with Crippen LogP contribution >= 0.6 is 11.3 Å². The summed E-state index contributed by atoms with van der Waals surface area (Å²) >= 11 is 1.58. The van der Waals surface area contributed by atoms with Crippen molar-refractivity contribution in [2.24, 2.45) is 0 Å². The Morgan fingerprint density at radius 3 is 3.00 bits per heavy atom. The van der Waals surface area contributed by atoms with Crippen LogP contribution in [0.2, 0.25) is 0 Å². The van der Waals surface area contributed by atoms with Gasteiger partial charge in [0.05, 0.1) is 33.0 Å². The summed E-state index contributed by atoms with van der Waals surface area (Å²) in [4.78, 5) is 5.88. The molecule has 1 atom stereocenters. The summed E-state index contributed by atoms with van der Waals surface area (Å²) in [7, 11) is -1.19. The number of aromatic nitrogens is 1. The lowest BCUT2D eigenvalue weighted by atomic mass is 10.4. The highest BCUT2D eigenvalue weighted by molar-refractivity contribution is 7.84. The summed E-state index contributed by atoms with van der Waals surface area (Å²) in [6, 6.07) is 5.63. The SMILES string of the molecule is Cc1occc1[S@@](=O)Cc1ncc(-c2cccs2)o1. The van der Waals surface area contributed by atoms with Crippen molar-refractivity contribution in [2.45, 2.75) is 17.6 Å². The smallest absolute Gasteiger partial charge is 0.207 e. The van der Waals surface area contributed by atoms with Crippen LogP contribution in [-0.4, -0.2) is 9.19 Å². The van der Waals surface area contributed by atoms with Crippen LogP contribution in [0.5, 0.6) is 0 Å². The maximum Gasteiger partial charge on any atom is 0.207 e. The molecule has 0 aromatic carbocycles. The molecular formula is C13H11NO3S2. The second-order valence-electron chi connectivity index (χ2n) is 3.93. The van der Waals surface area contributed by atoms with E-state index in [9.17, 15) is 4.21 Å². The maximum absolute atomic E-state index is 12.1. The monoisotopic (exact) mass is 293 g/mol. The average Bonchev–Trinajstić information content (AvgIpc) is 3.07. The van der Waals surface area contributed by atoms with Gasteiger partial charge in [-0.15, -0.1) is 11.3 Å². The lowest BCUT2D eigenvalue weighted by molar-refractivity contribution is 0.522. The normalized spacial score (nSPS) is 12.7. The molecule has 19 heavy (non-hydrogen) atoms. The topological polar surface area (TPSA) is 56.2 Å². The minimum absolute atomic E-state index is 0.256. The Morgan fingerprint density at radius 1 is 1.42 bits per heavy atom. The molecule has 0 N–H and O–H groups in total. The van der Waals surface area contributed by atoms with Gasteiger partial charge in [0.2, 0.25) is 5.89 Å². The Morgan fingerprint density at radius 2 is 2.32 bits per heavy atom. The Kier molecular flexibility index (Phi) is 3.35. The average molecular weight is 293 g/mol. The van der Waals surface area contributed by atoms with Gasteiger partial charge in [-0.1, -0.05) is 6.07 Å². The minimum atomic E-state index is -1.19. The van der Waals surface area contributed by atoms with E-state index >= 15 is 0 Å². The summed E-state index contributed by atoms with van der Waals surface area (Å²) in [6.45, 7) is 1.79. The van der Waals surface area contributed by atoms with Gasteiger partial charge in [0.1, 0.15) is 11.5 Å². The van der Waals surface area contributed by atoms with Crippen LogP contribution in [0, 0.1) is 6.92 Å². The van der Waals surface area contributed by atoms with Crippen molar-refractivity contribution in [3.05, 3.63) is 47.7 Å². The van der Waals surface area contributed by atoms with Gasteiger partial charge in [-0.05, 0) is 24.4 Å². The molecule has 0 aliphatic heterocycles. The molecule has 0 radical (unpaired) electrons. The van der Waals surface area contributed by atoms with E-state index in [-0.39, 0.29) is 5.75 Å². The van der Waals surface area contributed by atoms with Gasteiger partial charge in [0.15, 0.2) is 5.76 Å². The molecule has 0 fully saturated rings. The molecule has 6 heteroatoms. The molecule has 0 saturated heterocycles. The summed E-state index contributed by atoms with van der Waals surface area (Å²) in [5.74, 6) is 2.11. The number of rotatable bonds is 4. The van der Waals surface area contributed by atoms with Crippen LogP contribution in [0.4, 0.5) is 0 Å². The molecular weight excluding hydrogens is 282 g/mol. The first kappa shape index (κ1) is 12.4. The molecule has 0 amide bonds. The number of nitrogens with zero attached hydrogens (tertiary/aromatic N) is 1. The standard InChI is InChI=1S/C13H11NO3S2/c1-9-12(4-5-16-9)19(15)8-13-14-7-10(17-13)11-3-2-6-18-11/h2-7H,8H2,1H3/t19-/m0/s1. The first-order valence-corrected chi connectivity index (χ1v) is 7.85. The second-order valence-corrected chi connectivity index (χ2v) is 6.29. The van der Waals surface area contributed by atoms with Gasteiger partial charge in [0.25, 0.3) is 0 Å². The molecule has 3 aromatic rings.